The van der Waals surface area contributed by atoms with Gasteiger partial charge in [-0.2, -0.15) is 5.10 Å². The molecule has 6 nitrogen and oxygen atoms in total. The molecule has 3 rings (SSSR count). The van der Waals surface area contributed by atoms with E-state index in [1.807, 2.05) is 25.2 Å². The third kappa shape index (κ3) is 1.97. The number of rotatable bonds is 2. The third-order valence-electron chi connectivity index (χ3n) is 3.11. The fourth-order valence-electron chi connectivity index (χ4n) is 2.18. The summed E-state index contributed by atoms with van der Waals surface area (Å²) in [5.41, 5.74) is 7.79. The SMILES string of the molecule is Cn1ncc2cc(N(C(N)=O)c3cccnc3)ccc21. The van der Waals surface area contributed by atoms with E-state index >= 15 is 0 Å². The number of hydrogen-bond acceptors (Lipinski definition) is 3. The van der Waals surface area contributed by atoms with Crippen LogP contribution in [0.3, 0.4) is 0 Å². The molecule has 0 atom stereocenters. The van der Waals surface area contributed by atoms with E-state index in [0.29, 0.717) is 11.4 Å². The van der Waals surface area contributed by atoms with Crippen LogP contribution in [0.4, 0.5) is 16.2 Å². The van der Waals surface area contributed by atoms with Crippen LogP contribution in [0, 0.1) is 0 Å². The van der Waals surface area contributed by atoms with Crippen molar-refractivity contribution in [2.75, 3.05) is 4.90 Å². The lowest BCUT2D eigenvalue weighted by molar-refractivity contribution is 0.256. The van der Waals surface area contributed by atoms with Gasteiger partial charge in [0.25, 0.3) is 0 Å². The molecule has 6 heteroatoms. The topological polar surface area (TPSA) is 77.0 Å². The summed E-state index contributed by atoms with van der Waals surface area (Å²) < 4.78 is 1.78. The number of anilines is 2. The largest absolute Gasteiger partial charge is 0.351 e. The zero-order valence-corrected chi connectivity index (χ0v) is 10.9. The van der Waals surface area contributed by atoms with Crippen molar-refractivity contribution in [2.45, 2.75) is 0 Å². The molecule has 0 aliphatic heterocycles. The monoisotopic (exact) mass is 267 g/mol. The fourth-order valence-corrected chi connectivity index (χ4v) is 2.18. The number of aryl methyl sites for hydroxylation is 1. The number of carbonyl (C=O) groups excluding carboxylic acids is 1. The van der Waals surface area contributed by atoms with Gasteiger partial charge in [-0.3, -0.25) is 14.6 Å². The molecule has 2 aromatic heterocycles. The van der Waals surface area contributed by atoms with Crippen molar-refractivity contribution >= 4 is 28.3 Å². The number of fused-ring (bicyclic) bond motifs is 1. The Morgan fingerprint density at radius 2 is 2.10 bits per heavy atom. The molecule has 1 aromatic carbocycles. The van der Waals surface area contributed by atoms with Crippen molar-refractivity contribution in [3.63, 3.8) is 0 Å². The first-order valence-electron chi connectivity index (χ1n) is 6.08. The summed E-state index contributed by atoms with van der Waals surface area (Å²) in [7, 11) is 1.87. The van der Waals surface area contributed by atoms with Crippen molar-refractivity contribution in [3.05, 3.63) is 48.9 Å². The van der Waals surface area contributed by atoms with Crippen molar-refractivity contribution < 1.29 is 4.79 Å². The van der Waals surface area contributed by atoms with Gasteiger partial charge in [0.15, 0.2) is 0 Å². The predicted molar refractivity (Wildman–Crippen MR) is 76.7 cm³/mol. The number of pyridine rings is 1. The Labute approximate surface area is 115 Å². The summed E-state index contributed by atoms with van der Waals surface area (Å²) in [5, 5.41) is 5.13. The highest BCUT2D eigenvalue weighted by atomic mass is 16.2. The van der Waals surface area contributed by atoms with Crippen LogP contribution in [0.15, 0.2) is 48.9 Å². The van der Waals surface area contributed by atoms with E-state index in [9.17, 15) is 4.79 Å². The van der Waals surface area contributed by atoms with Crippen LogP contribution in [0.2, 0.25) is 0 Å². The van der Waals surface area contributed by atoms with E-state index in [1.165, 1.54) is 4.90 Å². The summed E-state index contributed by atoms with van der Waals surface area (Å²) in [6, 6.07) is 8.60. The maximum absolute atomic E-state index is 11.7. The Morgan fingerprint density at radius 3 is 2.80 bits per heavy atom. The van der Waals surface area contributed by atoms with E-state index in [2.05, 4.69) is 10.1 Å². The first kappa shape index (κ1) is 12.2. The van der Waals surface area contributed by atoms with Gasteiger partial charge in [0.2, 0.25) is 0 Å². The number of nitrogens with two attached hydrogens (primary N) is 1. The lowest BCUT2D eigenvalue weighted by Crippen LogP contribution is -2.31. The van der Waals surface area contributed by atoms with Crippen molar-refractivity contribution in [3.8, 4) is 0 Å². The normalized spacial score (nSPS) is 10.7. The smallest absolute Gasteiger partial charge is 0.323 e. The predicted octanol–water partition coefficient (Wildman–Crippen LogP) is 2.19. The van der Waals surface area contributed by atoms with Crippen molar-refractivity contribution in [2.24, 2.45) is 12.8 Å². The van der Waals surface area contributed by atoms with Gasteiger partial charge in [-0.05, 0) is 30.3 Å². The number of hydrogen-bond donors (Lipinski definition) is 1. The lowest BCUT2D eigenvalue weighted by atomic mass is 10.2. The molecular formula is C14H13N5O. The number of carbonyl (C=O) groups is 1. The second-order valence-corrected chi connectivity index (χ2v) is 4.40. The van der Waals surface area contributed by atoms with E-state index in [4.69, 9.17) is 5.73 Å². The van der Waals surface area contributed by atoms with E-state index in [1.54, 1.807) is 35.4 Å². The highest BCUT2D eigenvalue weighted by Gasteiger charge is 2.15. The Kier molecular flexibility index (Phi) is 2.83. The van der Waals surface area contributed by atoms with Crippen LogP contribution < -0.4 is 10.6 Å². The average molecular weight is 267 g/mol. The molecule has 2 heterocycles. The number of primary amides is 1. The molecule has 20 heavy (non-hydrogen) atoms. The maximum atomic E-state index is 11.7. The van der Waals surface area contributed by atoms with Gasteiger partial charge in [0.1, 0.15) is 0 Å². The Morgan fingerprint density at radius 1 is 1.25 bits per heavy atom. The summed E-state index contributed by atoms with van der Waals surface area (Å²) in [6.45, 7) is 0. The summed E-state index contributed by atoms with van der Waals surface area (Å²) in [5.74, 6) is 0. The van der Waals surface area contributed by atoms with Crippen LogP contribution in [-0.2, 0) is 7.05 Å². The van der Waals surface area contributed by atoms with Gasteiger partial charge in [-0.15, -0.1) is 0 Å². The minimum atomic E-state index is -0.554. The molecule has 100 valence electrons. The van der Waals surface area contributed by atoms with Gasteiger partial charge < -0.3 is 5.73 Å². The molecule has 0 aliphatic carbocycles. The highest BCUT2D eigenvalue weighted by Crippen LogP contribution is 2.27. The summed E-state index contributed by atoms with van der Waals surface area (Å²) in [4.78, 5) is 17.2. The van der Waals surface area contributed by atoms with E-state index < -0.39 is 6.03 Å². The number of benzene rings is 1. The molecule has 0 spiro atoms. The molecule has 0 radical (unpaired) electrons. The number of amides is 2. The molecule has 0 aliphatic rings. The Hall–Kier alpha value is -2.89. The Bertz CT molecular complexity index is 766. The molecule has 2 amide bonds. The van der Waals surface area contributed by atoms with E-state index in [0.717, 1.165) is 10.9 Å². The van der Waals surface area contributed by atoms with Crippen molar-refractivity contribution in [1.29, 1.82) is 0 Å². The lowest BCUT2D eigenvalue weighted by Gasteiger charge is -2.20. The number of aromatic nitrogens is 3. The summed E-state index contributed by atoms with van der Waals surface area (Å²) >= 11 is 0. The molecule has 0 saturated carbocycles. The molecule has 0 bridgehead atoms. The van der Waals surface area contributed by atoms with Crippen LogP contribution in [0.1, 0.15) is 0 Å². The molecule has 3 aromatic rings. The quantitative estimate of drug-likeness (QED) is 0.773. The summed E-state index contributed by atoms with van der Waals surface area (Å²) in [6.07, 6.45) is 4.99. The van der Waals surface area contributed by atoms with Crippen LogP contribution in [0.25, 0.3) is 10.9 Å². The molecule has 0 saturated heterocycles. The minimum absolute atomic E-state index is 0.554. The first-order chi connectivity index (χ1) is 9.66. The number of urea groups is 1. The second kappa shape index (κ2) is 4.65. The highest BCUT2D eigenvalue weighted by molar-refractivity contribution is 6.00. The van der Waals surface area contributed by atoms with Gasteiger partial charge in [-0.25, -0.2) is 4.79 Å². The van der Waals surface area contributed by atoms with Crippen molar-refractivity contribution in [1.82, 2.24) is 14.8 Å². The maximum Gasteiger partial charge on any atom is 0.323 e. The Balaban J connectivity index is 2.12. The van der Waals surface area contributed by atoms with Gasteiger partial charge in [0, 0.05) is 18.6 Å². The molecule has 0 unspecified atom stereocenters. The fraction of sp³-hybridized carbons (Fsp3) is 0.0714. The zero-order chi connectivity index (χ0) is 14.1. The van der Waals surface area contributed by atoms with Gasteiger partial charge in [0.05, 0.1) is 29.3 Å². The molecule has 0 fully saturated rings. The molecule has 2 N–H and O–H groups in total. The third-order valence-corrected chi connectivity index (χ3v) is 3.11. The zero-order valence-electron chi connectivity index (χ0n) is 10.9. The average Bonchev–Trinajstić information content (AvgIpc) is 2.81. The van der Waals surface area contributed by atoms with Crippen LogP contribution in [0.5, 0.6) is 0 Å². The van der Waals surface area contributed by atoms with Gasteiger partial charge >= 0.3 is 6.03 Å². The first-order valence-corrected chi connectivity index (χ1v) is 6.08. The molecular weight excluding hydrogens is 254 g/mol. The number of nitrogens with zero attached hydrogens (tertiary/aromatic N) is 4. The minimum Gasteiger partial charge on any atom is -0.351 e. The van der Waals surface area contributed by atoms with Crippen LogP contribution >= 0.6 is 0 Å². The second-order valence-electron chi connectivity index (χ2n) is 4.40. The van der Waals surface area contributed by atoms with Gasteiger partial charge in [-0.1, -0.05) is 0 Å². The standard InChI is InChI=1S/C14H13N5O/c1-18-13-5-4-11(7-10(13)8-17-18)19(14(15)20)12-3-2-6-16-9-12/h2-9H,1H3,(H2,15,20). The van der Waals surface area contributed by atoms with Crippen LogP contribution in [-0.4, -0.2) is 20.8 Å². The van der Waals surface area contributed by atoms with E-state index in [-0.39, 0.29) is 0 Å².